The number of guanidine groups is 1. The second-order valence-corrected chi connectivity index (χ2v) is 5.79. The van der Waals surface area contributed by atoms with Gasteiger partial charge in [0, 0.05) is 45.1 Å². The molecule has 0 aliphatic carbocycles. The van der Waals surface area contributed by atoms with Crippen LogP contribution in [0.1, 0.15) is 13.3 Å². The number of rotatable bonds is 8. The first kappa shape index (κ1) is 16.8. The zero-order chi connectivity index (χ0) is 15.6. The molecule has 1 aliphatic rings. The lowest BCUT2D eigenvalue weighted by atomic mass is 10.2. The van der Waals surface area contributed by atoms with Crippen LogP contribution in [0.3, 0.4) is 0 Å². The predicted molar refractivity (Wildman–Crippen MR) is 87.8 cm³/mol. The molecule has 7 nitrogen and oxygen atoms in total. The smallest absolute Gasteiger partial charge is 0.188 e. The van der Waals surface area contributed by atoms with Crippen molar-refractivity contribution in [1.82, 2.24) is 20.0 Å². The van der Waals surface area contributed by atoms with E-state index in [0.29, 0.717) is 18.4 Å². The second-order valence-electron chi connectivity index (χ2n) is 5.79. The summed E-state index contributed by atoms with van der Waals surface area (Å²) in [6, 6.07) is 1.93. The molecular formula is C15H28N6O. The van der Waals surface area contributed by atoms with Gasteiger partial charge in [0.1, 0.15) is 0 Å². The molecule has 0 spiro atoms. The molecule has 0 radical (unpaired) electrons. The van der Waals surface area contributed by atoms with Gasteiger partial charge in [0.2, 0.25) is 0 Å². The molecule has 22 heavy (non-hydrogen) atoms. The van der Waals surface area contributed by atoms with Gasteiger partial charge in [-0.2, -0.15) is 5.10 Å². The van der Waals surface area contributed by atoms with Gasteiger partial charge in [-0.15, -0.1) is 0 Å². The molecule has 2 heterocycles. The van der Waals surface area contributed by atoms with Crippen LogP contribution in [0.15, 0.2) is 23.5 Å². The fraction of sp³-hybridized carbons (Fsp3) is 0.733. The third kappa shape index (κ3) is 6.44. The van der Waals surface area contributed by atoms with Crippen LogP contribution < -0.4 is 11.1 Å². The largest absolute Gasteiger partial charge is 0.379 e. The molecule has 1 atom stereocenters. The van der Waals surface area contributed by atoms with Crippen LogP contribution in [-0.4, -0.2) is 66.6 Å². The zero-order valence-corrected chi connectivity index (χ0v) is 13.4. The van der Waals surface area contributed by atoms with Crippen molar-refractivity contribution in [3.05, 3.63) is 18.5 Å². The first-order valence-corrected chi connectivity index (χ1v) is 8.05. The summed E-state index contributed by atoms with van der Waals surface area (Å²) in [7, 11) is 0. The lowest BCUT2D eigenvalue weighted by Crippen LogP contribution is -2.39. The number of aliphatic imine (C=N–C) groups is 1. The maximum Gasteiger partial charge on any atom is 0.188 e. The quantitative estimate of drug-likeness (QED) is 0.406. The summed E-state index contributed by atoms with van der Waals surface area (Å²) in [5.41, 5.74) is 5.90. The topological polar surface area (TPSA) is 80.7 Å². The van der Waals surface area contributed by atoms with Gasteiger partial charge in [0.15, 0.2) is 5.96 Å². The first-order valence-electron chi connectivity index (χ1n) is 8.05. The lowest BCUT2D eigenvalue weighted by molar-refractivity contribution is 0.0376. The number of nitrogens with two attached hydrogens (primary N) is 1. The molecule has 0 saturated carbocycles. The summed E-state index contributed by atoms with van der Waals surface area (Å²) in [5, 5.41) is 7.38. The number of morpholine rings is 1. The minimum atomic E-state index is 0.411. The summed E-state index contributed by atoms with van der Waals surface area (Å²) in [6.45, 7) is 9.44. The van der Waals surface area contributed by atoms with E-state index in [1.807, 2.05) is 16.9 Å². The molecule has 1 aromatic heterocycles. The van der Waals surface area contributed by atoms with Gasteiger partial charge in [-0.3, -0.25) is 14.6 Å². The highest BCUT2D eigenvalue weighted by Gasteiger charge is 2.09. The molecule has 1 unspecified atom stereocenters. The number of aromatic nitrogens is 2. The predicted octanol–water partition coefficient (Wildman–Crippen LogP) is 0.146. The lowest BCUT2D eigenvalue weighted by Gasteiger charge is -2.26. The van der Waals surface area contributed by atoms with Crippen molar-refractivity contribution in [2.75, 3.05) is 45.9 Å². The van der Waals surface area contributed by atoms with E-state index >= 15 is 0 Å². The summed E-state index contributed by atoms with van der Waals surface area (Å²) in [6.07, 6.45) is 4.83. The van der Waals surface area contributed by atoms with Crippen LogP contribution in [0.2, 0.25) is 0 Å². The standard InChI is InChI=1S/C15H28N6O/c1-14(13-21-7-3-5-19-21)12-18-15(16)17-4-2-6-20-8-10-22-11-9-20/h3,5,7,14H,2,4,6,8-13H2,1H3,(H3,16,17,18). The van der Waals surface area contributed by atoms with Crippen LogP contribution in [0.5, 0.6) is 0 Å². The Labute approximate surface area is 132 Å². The summed E-state index contributed by atoms with van der Waals surface area (Å²) in [5.74, 6) is 0.947. The van der Waals surface area contributed by atoms with E-state index < -0.39 is 0 Å². The fourth-order valence-electron chi connectivity index (χ4n) is 2.44. The van der Waals surface area contributed by atoms with Gasteiger partial charge in [-0.05, 0) is 24.9 Å². The Bertz CT molecular complexity index is 427. The average Bonchev–Trinajstić information content (AvgIpc) is 3.03. The maximum absolute atomic E-state index is 5.90. The van der Waals surface area contributed by atoms with Gasteiger partial charge in [-0.25, -0.2) is 0 Å². The SMILES string of the molecule is CC(CN=C(N)NCCCN1CCOCC1)Cn1cccn1. The highest BCUT2D eigenvalue weighted by Crippen LogP contribution is 2.00. The van der Waals surface area contributed by atoms with Gasteiger partial charge in [-0.1, -0.05) is 6.92 Å². The first-order chi connectivity index (χ1) is 10.7. The van der Waals surface area contributed by atoms with Crippen molar-refractivity contribution in [2.24, 2.45) is 16.6 Å². The van der Waals surface area contributed by atoms with E-state index in [1.165, 1.54) is 0 Å². The molecule has 2 rings (SSSR count). The summed E-state index contributed by atoms with van der Waals surface area (Å²) < 4.78 is 7.26. The Kier molecular flexibility index (Phi) is 7.18. The highest BCUT2D eigenvalue weighted by molar-refractivity contribution is 5.77. The van der Waals surface area contributed by atoms with Gasteiger partial charge in [0.25, 0.3) is 0 Å². The highest BCUT2D eigenvalue weighted by atomic mass is 16.5. The molecular weight excluding hydrogens is 280 g/mol. The van der Waals surface area contributed by atoms with Crippen molar-refractivity contribution in [3.63, 3.8) is 0 Å². The third-order valence-corrected chi connectivity index (χ3v) is 3.69. The third-order valence-electron chi connectivity index (χ3n) is 3.69. The van der Waals surface area contributed by atoms with Gasteiger partial charge >= 0.3 is 0 Å². The Morgan fingerprint density at radius 3 is 3.00 bits per heavy atom. The van der Waals surface area contributed by atoms with Crippen LogP contribution in [-0.2, 0) is 11.3 Å². The van der Waals surface area contributed by atoms with Crippen LogP contribution in [0.4, 0.5) is 0 Å². The molecule has 124 valence electrons. The van der Waals surface area contributed by atoms with Gasteiger partial charge in [0.05, 0.1) is 13.2 Å². The van der Waals surface area contributed by atoms with Crippen molar-refractivity contribution in [3.8, 4) is 0 Å². The monoisotopic (exact) mass is 308 g/mol. The Balaban J connectivity index is 1.54. The molecule has 0 aromatic carbocycles. The molecule has 1 aromatic rings. The molecule has 0 amide bonds. The van der Waals surface area contributed by atoms with Crippen molar-refractivity contribution >= 4 is 5.96 Å². The minimum Gasteiger partial charge on any atom is -0.379 e. The van der Waals surface area contributed by atoms with Crippen molar-refractivity contribution < 1.29 is 4.74 Å². The van der Waals surface area contributed by atoms with Crippen molar-refractivity contribution in [2.45, 2.75) is 19.9 Å². The van der Waals surface area contributed by atoms with Crippen LogP contribution in [0, 0.1) is 5.92 Å². The van der Waals surface area contributed by atoms with E-state index in [4.69, 9.17) is 10.5 Å². The molecule has 7 heteroatoms. The van der Waals surface area contributed by atoms with E-state index in [0.717, 1.165) is 52.4 Å². The van der Waals surface area contributed by atoms with Crippen LogP contribution in [0.25, 0.3) is 0 Å². The van der Waals surface area contributed by atoms with E-state index in [1.54, 1.807) is 6.20 Å². The van der Waals surface area contributed by atoms with E-state index in [2.05, 4.69) is 27.2 Å². The minimum absolute atomic E-state index is 0.411. The Hall–Kier alpha value is -1.60. The average molecular weight is 308 g/mol. The molecule has 3 N–H and O–H groups in total. The molecule has 1 fully saturated rings. The number of nitrogens with zero attached hydrogens (tertiary/aromatic N) is 4. The van der Waals surface area contributed by atoms with Crippen molar-refractivity contribution in [1.29, 1.82) is 0 Å². The number of nitrogens with one attached hydrogen (secondary N) is 1. The van der Waals surface area contributed by atoms with Crippen LogP contribution >= 0.6 is 0 Å². The van der Waals surface area contributed by atoms with Gasteiger partial charge < -0.3 is 15.8 Å². The molecule has 1 aliphatic heterocycles. The van der Waals surface area contributed by atoms with E-state index in [9.17, 15) is 0 Å². The summed E-state index contributed by atoms with van der Waals surface area (Å²) >= 11 is 0. The number of ether oxygens (including phenoxy) is 1. The number of hydrogen-bond donors (Lipinski definition) is 2. The fourth-order valence-corrected chi connectivity index (χ4v) is 2.44. The summed E-state index contributed by atoms with van der Waals surface area (Å²) in [4.78, 5) is 6.82. The Morgan fingerprint density at radius 1 is 1.45 bits per heavy atom. The second kappa shape index (κ2) is 9.42. The number of hydrogen-bond acceptors (Lipinski definition) is 4. The molecule has 0 bridgehead atoms. The zero-order valence-electron chi connectivity index (χ0n) is 13.4. The maximum atomic E-state index is 5.90. The molecule has 1 saturated heterocycles. The normalized spacial score (nSPS) is 18.3. The Morgan fingerprint density at radius 2 is 2.27 bits per heavy atom. The van der Waals surface area contributed by atoms with E-state index in [-0.39, 0.29) is 0 Å².